The van der Waals surface area contributed by atoms with E-state index in [1.54, 1.807) is 12.1 Å². The van der Waals surface area contributed by atoms with Crippen LogP contribution in [0.4, 0.5) is 10.2 Å². The highest BCUT2D eigenvalue weighted by Crippen LogP contribution is 2.32. The molecule has 6 heteroatoms. The molecular formula is C14H17FN4O. The Labute approximate surface area is 117 Å². The Balaban J connectivity index is 2.53. The Morgan fingerprint density at radius 2 is 2.10 bits per heavy atom. The average molecular weight is 276 g/mol. The van der Waals surface area contributed by atoms with Gasteiger partial charge in [0.2, 0.25) is 0 Å². The van der Waals surface area contributed by atoms with Gasteiger partial charge in [0.15, 0.2) is 5.82 Å². The topological polar surface area (TPSA) is 64.3 Å². The molecule has 0 fully saturated rings. The minimum Gasteiger partial charge on any atom is -0.496 e. The van der Waals surface area contributed by atoms with Crippen LogP contribution >= 0.6 is 0 Å². The minimum atomic E-state index is -0.424. The molecule has 0 unspecified atom stereocenters. The maximum Gasteiger partial charge on any atom is 0.168 e. The first-order valence-electron chi connectivity index (χ1n) is 6.11. The van der Waals surface area contributed by atoms with E-state index in [2.05, 4.69) is 9.97 Å². The SMILES string of the molecule is COc1cc(CN(C)C)cc(F)c1-c1nccc(N)n1. The molecule has 106 valence electrons. The fraction of sp³-hybridized carbons (Fsp3) is 0.286. The molecule has 0 radical (unpaired) electrons. The summed E-state index contributed by atoms with van der Waals surface area (Å²) in [5.41, 5.74) is 6.65. The predicted octanol–water partition coefficient (Wildman–Crippen LogP) is 1.94. The molecule has 1 aromatic carbocycles. The van der Waals surface area contributed by atoms with Crippen molar-refractivity contribution >= 4 is 5.82 Å². The molecule has 0 atom stereocenters. The Morgan fingerprint density at radius 3 is 2.70 bits per heavy atom. The number of nitrogen functional groups attached to an aromatic ring is 1. The number of methoxy groups -OCH3 is 1. The minimum absolute atomic E-state index is 0.218. The normalized spacial score (nSPS) is 10.8. The number of hydrogen-bond acceptors (Lipinski definition) is 5. The van der Waals surface area contributed by atoms with E-state index < -0.39 is 5.82 Å². The van der Waals surface area contributed by atoms with Crippen LogP contribution in [0.1, 0.15) is 5.56 Å². The van der Waals surface area contributed by atoms with Gasteiger partial charge in [-0.1, -0.05) is 0 Å². The molecule has 2 rings (SSSR count). The zero-order valence-electron chi connectivity index (χ0n) is 11.7. The number of nitrogens with zero attached hydrogens (tertiary/aromatic N) is 3. The molecule has 0 spiro atoms. The van der Waals surface area contributed by atoms with Crippen LogP contribution in [0.5, 0.6) is 5.75 Å². The summed E-state index contributed by atoms with van der Waals surface area (Å²) in [6.45, 7) is 0.616. The van der Waals surface area contributed by atoms with Crippen LogP contribution in [0, 0.1) is 5.82 Å². The number of hydrogen-bond donors (Lipinski definition) is 1. The standard InChI is InChI=1S/C14H17FN4O/c1-19(2)8-9-6-10(15)13(11(7-9)20-3)14-17-5-4-12(16)18-14/h4-7H,8H2,1-3H3,(H2,16,17,18). The van der Waals surface area contributed by atoms with Crippen molar-refractivity contribution in [3.8, 4) is 17.1 Å². The van der Waals surface area contributed by atoms with Crippen molar-refractivity contribution in [2.75, 3.05) is 26.9 Å². The lowest BCUT2D eigenvalue weighted by molar-refractivity contribution is 0.393. The van der Waals surface area contributed by atoms with Crippen LogP contribution in [-0.2, 0) is 6.54 Å². The van der Waals surface area contributed by atoms with E-state index in [4.69, 9.17) is 10.5 Å². The molecule has 0 aliphatic heterocycles. The van der Waals surface area contributed by atoms with Gasteiger partial charge < -0.3 is 15.4 Å². The Morgan fingerprint density at radius 1 is 1.35 bits per heavy atom. The maximum absolute atomic E-state index is 14.3. The van der Waals surface area contributed by atoms with E-state index in [0.29, 0.717) is 12.3 Å². The van der Waals surface area contributed by atoms with Gasteiger partial charge in [-0.05, 0) is 37.9 Å². The average Bonchev–Trinajstić information content (AvgIpc) is 2.37. The van der Waals surface area contributed by atoms with Crippen molar-refractivity contribution in [2.24, 2.45) is 0 Å². The summed E-state index contributed by atoms with van der Waals surface area (Å²) in [4.78, 5) is 10.0. The smallest absolute Gasteiger partial charge is 0.168 e. The third-order valence-electron chi connectivity index (χ3n) is 2.73. The first kappa shape index (κ1) is 14.2. The first-order valence-corrected chi connectivity index (χ1v) is 6.11. The summed E-state index contributed by atoms with van der Waals surface area (Å²) in [6.07, 6.45) is 1.49. The molecule has 5 nitrogen and oxygen atoms in total. The van der Waals surface area contributed by atoms with Gasteiger partial charge >= 0.3 is 0 Å². The van der Waals surface area contributed by atoms with Gasteiger partial charge in [-0.2, -0.15) is 0 Å². The van der Waals surface area contributed by atoms with E-state index in [1.165, 1.54) is 19.4 Å². The predicted molar refractivity (Wildman–Crippen MR) is 75.8 cm³/mol. The quantitative estimate of drug-likeness (QED) is 0.924. The fourth-order valence-corrected chi connectivity index (χ4v) is 1.96. The molecule has 0 saturated heterocycles. The summed E-state index contributed by atoms with van der Waals surface area (Å²) in [5.74, 6) is 0.476. The molecule has 0 bridgehead atoms. The van der Waals surface area contributed by atoms with E-state index in [9.17, 15) is 4.39 Å². The van der Waals surface area contributed by atoms with E-state index >= 15 is 0 Å². The van der Waals surface area contributed by atoms with E-state index in [-0.39, 0.29) is 17.2 Å². The van der Waals surface area contributed by atoms with Crippen molar-refractivity contribution in [3.63, 3.8) is 0 Å². The molecule has 2 aromatic rings. The Hall–Kier alpha value is -2.21. The second-order valence-electron chi connectivity index (χ2n) is 4.70. The van der Waals surface area contributed by atoms with Crippen LogP contribution in [0.15, 0.2) is 24.4 Å². The van der Waals surface area contributed by atoms with Crippen molar-refractivity contribution < 1.29 is 9.13 Å². The number of anilines is 1. The van der Waals surface area contributed by atoms with Gasteiger partial charge in [-0.15, -0.1) is 0 Å². The molecular weight excluding hydrogens is 259 g/mol. The van der Waals surface area contributed by atoms with Crippen LogP contribution in [0.25, 0.3) is 11.4 Å². The fourth-order valence-electron chi connectivity index (χ4n) is 1.96. The number of ether oxygens (including phenoxy) is 1. The maximum atomic E-state index is 14.3. The van der Waals surface area contributed by atoms with Crippen molar-refractivity contribution in [3.05, 3.63) is 35.8 Å². The van der Waals surface area contributed by atoms with Gasteiger partial charge in [0.1, 0.15) is 17.4 Å². The molecule has 1 heterocycles. The zero-order valence-corrected chi connectivity index (χ0v) is 11.7. The number of rotatable bonds is 4. The molecule has 2 N–H and O–H groups in total. The van der Waals surface area contributed by atoms with Gasteiger partial charge in [0.05, 0.1) is 12.7 Å². The summed E-state index contributed by atoms with van der Waals surface area (Å²) in [7, 11) is 5.32. The summed E-state index contributed by atoms with van der Waals surface area (Å²) in [5, 5.41) is 0. The second-order valence-corrected chi connectivity index (χ2v) is 4.70. The van der Waals surface area contributed by atoms with Crippen LogP contribution in [0.3, 0.4) is 0 Å². The Bertz CT molecular complexity index is 616. The lowest BCUT2D eigenvalue weighted by Gasteiger charge is -2.14. The molecule has 0 aliphatic carbocycles. The van der Waals surface area contributed by atoms with Crippen molar-refractivity contribution in [1.29, 1.82) is 0 Å². The highest BCUT2D eigenvalue weighted by molar-refractivity contribution is 5.66. The van der Waals surface area contributed by atoms with Crippen LogP contribution in [-0.4, -0.2) is 36.1 Å². The number of aromatic nitrogens is 2. The summed E-state index contributed by atoms with van der Waals surface area (Å²) >= 11 is 0. The Kier molecular flexibility index (Phi) is 4.14. The van der Waals surface area contributed by atoms with Crippen molar-refractivity contribution in [1.82, 2.24) is 14.9 Å². The lowest BCUT2D eigenvalue weighted by Crippen LogP contribution is -2.11. The monoisotopic (exact) mass is 276 g/mol. The second kappa shape index (κ2) is 5.83. The number of benzene rings is 1. The van der Waals surface area contributed by atoms with Gasteiger partial charge in [-0.3, -0.25) is 0 Å². The van der Waals surface area contributed by atoms with Gasteiger partial charge in [0.25, 0.3) is 0 Å². The first-order chi connectivity index (χ1) is 9.51. The third-order valence-corrected chi connectivity index (χ3v) is 2.73. The highest BCUT2D eigenvalue weighted by atomic mass is 19.1. The van der Waals surface area contributed by atoms with Crippen molar-refractivity contribution in [2.45, 2.75) is 6.54 Å². The third kappa shape index (κ3) is 3.03. The molecule has 1 aromatic heterocycles. The van der Waals surface area contributed by atoms with Crippen LogP contribution in [0.2, 0.25) is 0 Å². The van der Waals surface area contributed by atoms with Gasteiger partial charge in [-0.25, -0.2) is 14.4 Å². The van der Waals surface area contributed by atoms with Crippen LogP contribution < -0.4 is 10.5 Å². The number of nitrogens with two attached hydrogens (primary N) is 1. The summed E-state index contributed by atoms with van der Waals surface area (Å²) < 4.78 is 19.6. The molecule has 0 amide bonds. The summed E-state index contributed by atoms with van der Waals surface area (Å²) in [6, 6.07) is 4.80. The number of halogens is 1. The van der Waals surface area contributed by atoms with Gasteiger partial charge in [0, 0.05) is 12.7 Å². The zero-order chi connectivity index (χ0) is 14.7. The molecule has 0 aliphatic rings. The van der Waals surface area contributed by atoms with E-state index in [0.717, 1.165) is 5.56 Å². The van der Waals surface area contributed by atoms with E-state index in [1.807, 2.05) is 19.0 Å². The lowest BCUT2D eigenvalue weighted by atomic mass is 10.1. The largest absolute Gasteiger partial charge is 0.496 e. The highest BCUT2D eigenvalue weighted by Gasteiger charge is 2.16. The molecule has 20 heavy (non-hydrogen) atoms. The molecule has 0 saturated carbocycles.